The molecule has 1 aliphatic rings. The third-order valence-corrected chi connectivity index (χ3v) is 3.83. The number of aliphatic hydroxyl groups excluding tert-OH is 1. The first-order valence-electron chi connectivity index (χ1n) is 6.70. The van der Waals surface area contributed by atoms with Gasteiger partial charge in [-0.1, -0.05) is 19.8 Å². The third-order valence-electron chi connectivity index (χ3n) is 3.83. The van der Waals surface area contributed by atoms with Crippen LogP contribution in [0.2, 0.25) is 0 Å². The van der Waals surface area contributed by atoms with Gasteiger partial charge in [0.1, 0.15) is 0 Å². The van der Waals surface area contributed by atoms with Crippen LogP contribution in [0.4, 0.5) is 5.69 Å². The average Bonchev–Trinajstić information content (AvgIpc) is 2.39. The van der Waals surface area contributed by atoms with Crippen LogP contribution in [-0.2, 0) is 0 Å². The number of nitrogens with two attached hydrogens (primary N) is 1. The second-order valence-electron chi connectivity index (χ2n) is 5.54. The lowest BCUT2D eigenvalue weighted by atomic mass is 9.76. The van der Waals surface area contributed by atoms with Crippen molar-refractivity contribution in [2.24, 2.45) is 5.92 Å². The molecule has 104 valence electrons. The molecule has 0 spiro atoms. The van der Waals surface area contributed by atoms with Gasteiger partial charge in [0.05, 0.1) is 17.8 Å². The summed E-state index contributed by atoms with van der Waals surface area (Å²) >= 11 is 0. The first-order chi connectivity index (χ1) is 9.06. The highest BCUT2D eigenvalue weighted by molar-refractivity contribution is 5.97. The van der Waals surface area contributed by atoms with E-state index in [-0.39, 0.29) is 18.2 Å². The summed E-state index contributed by atoms with van der Waals surface area (Å²) in [4.78, 5) is 16.2. The molecule has 0 radical (unpaired) electrons. The second kappa shape index (κ2) is 5.57. The molecule has 2 unspecified atom stereocenters. The van der Waals surface area contributed by atoms with E-state index >= 15 is 0 Å². The van der Waals surface area contributed by atoms with E-state index in [2.05, 4.69) is 17.2 Å². The molecule has 2 atom stereocenters. The lowest BCUT2D eigenvalue weighted by Crippen LogP contribution is -2.54. The largest absolute Gasteiger partial charge is 0.397 e. The van der Waals surface area contributed by atoms with Crippen LogP contribution < -0.4 is 11.1 Å². The summed E-state index contributed by atoms with van der Waals surface area (Å²) in [7, 11) is 0. The molecule has 1 saturated carbocycles. The fourth-order valence-electron chi connectivity index (χ4n) is 2.86. The smallest absolute Gasteiger partial charge is 0.272 e. The molecule has 1 aliphatic carbocycles. The summed E-state index contributed by atoms with van der Waals surface area (Å²) < 4.78 is 0. The van der Waals surface area contributed by atoms with E-state index in [9.17, 15) is 9.90 Å². The average molecular weight is 263 g/mol. The van der Waals surface area contributed by atoms with Crippen molar-refractivity contribution < 1.29 is 9.90 Å². The number of hydrogen-bond acceptors (Lipinski definition) is 4. The van der Waals surface area contributed by atoms with Crippen LogP contribution in [0.25, 0.3) is 0 Å². The molecule has 4 N–H and O–H groups in total. The van der Waals surface area contributed by atoms with E-state index in [1.54, 1.807) is 18.3 Å². The SMILES string of the molecule is CC1CCCC(CO)(NC(=O)c2ncccc2N)C1. The van der Waals surface area contributed by atoms with Gasteiger partial charge < -0.3 is 16.2 Å². The number of anilines is 1. The van der Waals surface area contributed by atoms with E-state index in [0.717, 1.165) is 25.7 Å². The van der Waals surface area contributed by atoms with Gasteiger partial charge in [-0.3, -0.25) is 4.79 Å². The Morgan fingerprint density at radius 3 is 3.11 bits per heavy atom. The van der Waals surface area contributed by atoms with E-state index in [0.29, 0.717) is 11.6 Å². The lowest BCUT2D eigenvalue weighted by molar-refractivity contribution is 0.0693. The number of nitrogens with zero attached hydrogens (tertiary/aromatic N) is 1. The number of carbonyl (C=O) groups is 1. The summed E-state index contributed by atoms with van der Waals surface area (Å²) in [5.74, 6) is 0.198. The van der Waals surface area contributed by atoms with Gasteiger partial charge in [0.2, 0.25) is 0 Å². The Hall–Kier alpha value is -1.62. The van der Waals surface area contributed by atoms with E-state index in [1.165, 1.54) is 0 Å². The van der Waals surface area contributed by atoms with Crippen molar-refractivity contribution in [2.75, 3.05) is 12.3 Å². The van der Waals surface area contributed by atoms with Crippen molar-refractivity contribution in [3.63, 3.8) is 0 Å². The van der Waals surface area contributed by atoms with Crippen molar-refractivity contribution in [3.8, 4) is 0 Å². The van der Waals surface area contributed by atoms with Crippen molar-refractivity contribution in [1.29, 1.82) is 0 Å². The predicted octanol–water partition coefficient (Wildman–Crippen LogP) is 1.33. The van der Waals surface area contributed by atoms with Crippen molar-refractivity contribution in [2.45, 2.75) is 38.1 Å². The zero-order valence-corrected chi connectivity index (χ0v) is 11.2. The molecule has 19 heavy (non-hydrogen) atoms. The number of nitrogens with one attached hydrogen (secondary N) is 1. The molecule has 0 aliphatic heterocycles. The van der Waals surface area contributed by atoms with Gasteiger partial charge in [-0.15, -0.1) is 0 Å². The Bertz CT molecular complexity index is 464. The fourth-order valence-corrected chi connectivity index (χ4v) is 2.86. The number of pyridine rings is 1. The fraction of sp³-hybridized carbons (Fsp3) is 0.571. The summed E-state index contributed by atoms with van der Waals surface area (Å²) in [6, 6.07) is 3.34. The minimum Gasteiger partial charge on any atom is -0.397 e. The molecule has 1 aromatic heterocycles. The van der Waals surface area contributed by atoms with Crippen molar-refractivity contribution in [1.82, 2.24) is 10.3 Å². The summed E-state index contributed by atoms with van der Waals surface area (Å²) in [5, 5.41) is 12.6. The molecule has 1 fully saturated rings. The molecule has 2 rings (SSSR count). The monoisotopic (exact) mass is 263 g/mol. The van der Waals surface area contributed by atoms with Gasteiger partial charge in [0.15, 0.2) is 5.69 Å². The predicted molar refractivity (Wildman–Crippen MR) is 73.6 cm³/mol. The van der Waals surface area contributed by atoms with Gasteiger partial charge >= 0.3 is 0 Å². The van der Waals surface area contributed by atoms with Gasteiger partial charge in [-0.05, 0) is 30.9 Å². The van der Waals surface area contributed by atoms with Crippen LogP contribution in [0.15, 0.2) is 18.3 Å². The summed E-state index contributed by atoms with van der Waals surface area (Å²) in [5.41, 5.74) is 5.81. The zero-order chi connectivity index (χ0) is 13.9. The minimum absolute atomic E-state index is 0.0458. The number of aliphatic hydroxyl groups is 1. The number of carbonyl (C=O) groups excluding carboxylic acids is 1. The number of nitrogen functional groups attached to an aromatic ring is 1. The highest BCUT2D eigenvalue weighted by Gasteiger charge is 2.36. The first-order valence-corrected chi connectivity index (χ1v) is 6.70. The molecular formula is C14H21N3O2. The van der Waals surface area contributed by atoms with E-state index in [1.807, 2.05) is 0 Å². The molecule has 0 saturated heterocycles. The molecule has 5 nitrogen and oxygen atoms in total. The zero-order valence-electron chi connectivity index (χ0n) is 11.2. The van der Waals surface area contributed by atoms with Crippen LogP contribution in [0.5, 0.6) is 0 Å². The Balaban J connectivity index is 2.14. The van der Waals surface area contributed by atoms with E-state index < -0.39 is 5.54 Å². The first kappa shape index (κ1) is 13.8. The Kier molecular flexibility index (Phi) is 4.04. The van der Waals surface area contributed by atoms with Gasteiger partial charge in [0, 0.05) is 6.20 Å². The maximum absolute atomic E-state index is 12.2. The lowest BCUT2D eigenvalue weighted by Gasteiger charge is -2.39. The Morgan fingerprint density at radius 1 is 1.68 bits per heavy atom. The van der Waals surface area contributed by atoms with Crippen molar-refractivity contribution >= 4 is 11.6 Å². The molecule has 5 heteroatoms. The molecule has 1 amide bonds. The highest BCUT2D eigenvalue weighted by atomic mass is 16.3. The summed E-state index contributed by atoms with van der Waals surface area (Å²) in [6.45, 7) is 2.10. The summed E-state index contributed by atoms with van der Waals surface area (Å²) in [6.07, 6.45) is 5.29. The minimum atomic E-state index is -0.529. The van der Waals surface area contributed by atoms with Gasteiger partial charge in [0.25, 0.3) is 5.91 Å². The standard InChI is InChI=1S/C14H21N3O2/c1-10-4-2-6-14(8-10,9-18)17-13(19)12-11(15)5-3-7-16-12/h3,5,7,10,18H,2,4,6,8-9,15H2,1H3,(H,17,19). The van der Waals surface area contributed by atoms with Crippen LogP contribution in [0, 0.1) is 5.92 Å². The molecular weight excluding hydrogens is 242 g/mol. The van der Waals surface area contributed by atoms with Crippen molar-refractivity contribution in [3.05, 3.63) is 24.0 Å². The van der Waals surface area contributed by atoms with Crippen LogP contribution in [0.1, 0.15) is 43.1 Å². The second-order valence-corrected chi connectivity index (χ2v) is 5.54. The quantitative estimate of drug-likeness (QED) is 0.767. The number of aromatic nitrogens is 1. The maximum atomic E-state index is 12.2. The van der Waals surface area contributed by atoms with E-state index in [4.69, 9.17) is 5.73 Å². The van der Waals surface area contributed by atoms with Crippen LogP contribution in [0.3, 0.4) is 0 Å². The molecule has 0 aromatic carbocycles. The number of amides is 1. The molecule has 1 aromatic rings. The Morgan fingerprint density at radius 2 is 2.47 bits per heavy atom. The molecule has 1 heterocycles. The van der Waals surface area contributed by atoms with Gasteiger partial charge in [-0.25, -0.2) is 4.98 Å². The Labute approximate surface area is 113 Å². The maximum Gasteiger partial charge on any atom is 0.272 e. The van der Waals surface area contributed by atoms with Crippen LogP contribution >= 0.6 is 0 Å². The van der Waals surface area contributed by atoms with Gasteiger partial charge in [-0.2, -0.15) is 0 Å². The number of hydrogen-bond donors (Lipinski definition) is 3. The molecule has 0 bridgehead atoms. The number of rotatable bonds is 3. The third kappa shape index (κ3) is 3.04. The van der Waals surface area contributed by atoms with Crippen LogP contribution in [-0.4, -0.2) is 28.1 Å². The normalized spacial score (nSPS) is 26.9. The highest BCUT2D eigenvalue weighted by Crippen LogP contribution is 2.32. The topological polar surface area (TPSA) is 88.2 Å².